The number of fused-ring (bicyclic) bond motifs is 1. The lowest BCUT2D eigenvalue weighted by Gasteiger charge is -2.11. The summed E-state index contributed by atoms with van der Waals surface area (Å²) in [5.74, 6) is 0.601. The van der Waals surface area contributed by atoms with E-state index < -0.39 is 0 Å². The maximum Gasteiger partial charge on any atom is 0.251 e. The SMILES string of the molecule is C[C@H](CO)NC(=O)c1cc(Cl)c2c(c1)OCO2. The molecule has 0 unspecified atom stereocenters. The van der Waals surface area contributed by atoms with Gasteiger partial charge in [0.1, 0.15) is 0 Å². The summed E-state index contributed by atoms with van der Waals surface area (Å²) in [7, 11) is 0. The summed E-state index contributed by atoms with van der Waals surface area (Å²) in [6, 6.07) is 2.76. The topological polar surface area (TPSA) is 67.8 Å². The average molecular weight is 258 g/mol. The Morgan fingerprint density at radius 1 is 1.59 bits per heavy atom. The molecule has 92 valence electrons. The van der Waals surface area contributed by atoms with Gasteiger partial charge in [0.25, 0.3) is 5.91 Å². The van der Waals surface area contributed by atoms with Crippen LogP contribution in [0.25, 0.3) is 0 Å². The first-order chi connectivity index (χ1) is 8.11. The molecule has 2 N–H and O–H groups in total. The first kappa shape index (κ1) is 12.0. The molecule has 0 fully saturated rings. The maximum atomic E-state index is 11.8. The number of rotatable bonds is 3. The number of amides is 1. The van der Waals surface area contributed by atoms with E-state index in [9.17, 15) is 4.79 Å². The minimum absolute atomic E-state index is 0.104. The zero-order chi connectivity index (χ0) is 12.4. The molecule has 0 saturated carbocycles. The zero-order valence-corrected chi connectivity index (χ0v) is 9.95. The van der Waals surface area contributed by atoms with E-state index in [2.05, 4.69) is 5.32 Å². The smallest absolute Gasteiger partial charge is 0.251 e. The Morgan fingerprint density at radius 3 is 3.06 bits per heavy atom. The van der Waals surface area contributed by atoms with Gasteiger partial charge in [0.05, 0.1) is 11.6 Å². The molecule has 1 aliphatic heterocycles. The molecular weight excluding hydrogens is 246 g/mol. The summed E-state index contributed by atoms with van der Waals surface area (Å²) in [5, 5.41) is 11.8. The molecule has 6 heteroatoms. The number of nitrogens with one attached hydrogen (secondary N) is 1. The van der Waals surface area contributed by atoms with Crippen LogP contribution in [0.1, 0.15) is 17.3 Å². The summed E-state index contributed by atoms with van der Waals surface area (Å²) >= 11 is 5.95. The van der Waals surface area contributed by atoms with Crippen molar-refractivity contribution in [3.05, 3.63) is 22.7 Å². The lowest BCUT2D eigenvalue weighted by Crippen LogP contribution is -2.34. The molecule has 1 aliphatic rings. The average Bonchev–Trinajstić information content (AvgIpc) is 2.77. The highest BCUT2D eigenvalue weighted by atomic mass is 35.5. The second kappa shape index (κ2) is 4.81. The first-order valence-electron chi connectivity index (χ1n) is 5.12. The van der Waals surface area contributed by atoms with Gasteiger partial charge in [-0.05, 0) is 19.1 Å². The fourth-order valence-electron chi connectivity index (χ4n) is 1.45. The number of halogens is 1. The Bertz CT molecular complexity index is 449. The van der Waals surface area contributed by atoms with E-state index in [0.29, 0.717) is 22.1 Å². The van der Waals surface area contributed by atoms with Crippen molar-refractivity contribution in [1.29, 1.82) is 0 Å². The molecule has 2 rings (SSSR count). The van der Waals surface area contributed by atoms with Gasteiger partial charge in [0.15, 0.2) is 11.5 Å². The van der Waals surface area contributed by atoms with Crippen LogP contribution in [0.15, 0.2) is 12.1 Å². The van der Waals surface area contributed by atoms with Crippen LogP contribution < -0.4 is 14.8 Å². The van der Waals surface area contributed by atoms with Gasteiger partial charge in [-0.2, -0.15) is 0 Å². The van der Waals surface area contributed by atoms with Gasteiger partial charge >= 0.3 is 0 Å². The fraction of sp³-hybridized carbons (Fsp3) is 0.364. The van der Waals surface area contributed by atoms with E-state index in [0.717, 1.165) is 0 Å². The number of carbonyl (C=O) groups is 1. The standard InChI is InChI=1S/C11H12ClNO4/c1-6(4-14)13-11(15)7-2-8(12)10-9(3-7)16-5-17-10/h2-3,6,14H,4-5H2,1H3,(H,13,15)/t6-/m1/s1. The highest BCUT2D eigenvalue weighted by Crippen LogP contribution is 2.39. The number of aliphatic hydroxyl groups is 1. The molecule has 17 heavy (non-hydrogen) atoms. The maximum absolute atomic E-state index is 11.8. The minimum Gasteiger partial charge on any atom is -0.454 e. The molecule has 0 radical (unpaired) electrons. The van der Waals surface area contributed by atoms with E-state index in [-0.39, 0.29) is 25.3 Å². The normalized spacial score (nSPS) is 14.5. The number of aliphatic hydroxyl groups excluding tert-OH is 1. The van der Waals surface area contributed by atoms with Crippen molar-refractivity contribution in [2.75, 3.05) is 13.4 Å². The molecule has 1 heterocycles. The Hall–Kier alpha value is -1.46. The number of benzene rings is 1. The molecule has 0 spiro atoms. The van der Waals surface area contributed by atoms with Crippen LogP contribution in [0.2, 0.25) is 5.02 Å². The molecule has 1 aromatic carbocycles. The minimum atomic E-state index is -0.313. The summed E-state index contributed by atoms with van der Waals surface area (Å²) < 4.78 is 10.3. The summed E-state index contributed by atoms with van der Waals surface area (Å²) in [4.78, 5) is 11.8. The molecule has 1 aromatic rings. The molecule has 5 nitrogen and oxygen atoms in total. The van der Waals surface area contributed by atoms with E-state index >= 15 is 0 Å². The quantitative estimate of drug-likeness (QED) is 0.853. The van der Waals surface area contributed by atoms with Gasteiger partial charge in [-0.1, -0.05) is 11.6 Å². The lowest BCUT2D eigenvalue weighted by molar-refractivity contribution is 0.0922. The monoisotopic (exact) mass is 257 g/mol. The molecule has 1 atom stereocenters. The highest BCUT2D eigenvalue weighted by Gasteiger charge is 2.21. The third-order valence-electron chi connectivity index (χ3n) is 2.34. The van der Waals surface area contributed by atoms with Gasteiger partial charge in [0.2, 0.25) is 6.79 Å². The van der Waals surface area contributed by atoms with Crippen LogP contribution in [0.3, 0.4) is 0 Å². The summed E-state index contributed by atoms with van der Waals surface area (Å²) in [6.07, 6.45) is 0. The Balaban J connectivity index is 2.22. The highest BCUT2D eigenvalue weighted by molar-refractivity contribution is 6.32. The van der Waals surface area contributed by atoms with E-state index in [4.69, 9.17) is 26.2 Å². The predicted octanol–water partition coefficient (Wildman–Crippen LogP) is 1.18. The van der Waals surface area contributed by atoms with Crippen LogP contribution in [-0.2, 0) is 0 Å². The molecule has 1 amide bonds. The third-order valence-corrected chi connectivity index (χ3v) is 2.62. The molecule has 0 bridgehead atoms. The van der Waals surface area contributed by atoms with Gasteiger partial charge in [-0.3, -0.25) is 4.79 Å². The van der Waals surface area contributed by atoms with E-state index in [1.165, 1.54) is 6.07 Å². The molecular formula is C11H12ClNO4. The largest absolute Gasteiger partial charge is 0.454 e. The number of carbonyl (C=O) groups excluding carboxylic acids is 1. The number of ether oxygens (including phenoxy) is 2. The van der Waals surface area contributed by atoms with Crippen molar-refractivity contribution in [1.82, 2.24) is 5.32 Å². The van der Waals surface area contributed by atoms with Crippen LogP contribution in [-0.4, -0.2) is 30.5 Å². The fourth-order valence-corrected chi connectivity index (χ4v) is 1.72. The number of hydrogen-bond acceptors (Lipinski definition) is 4. The van der Waals surface area contributed by atoms with E-state index in [1.54, 1.807) is 13.0 Å². The van der Waals surface area contributed by atoms with Gasteiger partial charge < -0.3 is 19.9 Å². The van der Waals surface area contributed by atoms with Gasteiger partial charge in [0, 0.05) is 11.6 Å². The molecule has 0 saturated heterocycles. The van der Waals surface area contributed by atoms with Crippen molar-refractivity contribution in [2.24, 2.45) is 0 Å². The van der Waals surface area contributed by atoms with Gasteiger partial charge in [-0.25, -0.2) is 0 Å². The number of hydrogen-bond donors (Lipinski definition) is 2. The Kier molecular flexibility index (Phi) is 3.40. The predicted molar refractivity (Wildman–Crippen MR) is 61.6 cm³/mol. The molecule has 0 aromatic heterocycles. The van der Waals surface area contributed by atoms with Crippen molar-refractivity contribution in [3.8, 4) is 11.5 Å². The van der Waals surface area contributed by atoms with Crippen LogP contribution >= 0.6 is 11.6 Å². The Morgan fingerprint density at radius 2 is 2.35 bits per heavy atom. The second-order valence-electron chi connectivity index (χ2n) is 3.75. The second-order valence-corrected chi connectivity index (χ2v) is 4.16. The van der Waals surface area contributed by atoms with E-state index in [1.807, 2.05) is 0 Å². The summed E-state index contributed by atoms with van der Waals surface area (Å²) in [5.41, 5.74) is 0.375. The summed E-state index contributed by atoms with van der Waals surface area (Å²) in [6.45, 7) is 1.68. The van der Waals surface area contributed by atoms with Gasteiger partial charge in [-0.15, -0.1) is 0 Å². The van der Waals surface area contributed by atoms with Crippen LogP contribution in [0.4, 0.5) is 0 Å². The van der Waals surface area contributed by atoms with Crippen molar-refractivity contribution in [3.63, 3.8) is 0 Å². The lowest BCUT2D eigenvalue weighted by atomic mass is 10.1. The van der Waals surface area contributed by atoms with Crippen molar-refractivity contribution in [2.45, 2.75) is 13.0 Å². The third kappa shape index (κ3) is 2.45. The van der Waals surface area contributed by atoms with Crippen LogP contribution in [0.5, 0.6) is 11.5 Å². The first-order valence-corrected chi connectivity index (χ1v) is 5.50. The zero-order valence-electron chi connectivity index (χ0n) is 9.20. The molecule has 0 aliphatic carbocycles. The van der Waals surface area contributed by atoms with Crippen molar-refractivity contribution >= 4 is 17.5 Å². The Labute approximate surface area is 103 Å². The van der Waals surface area contributed by atoms with Crippen molar-refractivity contribution < 1.29 is 19.4 Å². The van der Waals surface area contributed by atoms with Crippen LogP contribution in [0, 0.1) is 0 Å².